The monoisotopic (exact) mass is 335 g/mol. The molecule has 1 N–H and O–H groups in total. The van der Waals surface area contributed by atoms with E-state index in [4.69, 9.17) is 4.74 Å². The van der Waals surface area contributed by atoms with Crippen molar-refractivity contribution in [2.24, 2.45) is 0 Å². The third-order valence-electron chi connectivity index (χ3n) is 3.99. The van der Waals surface area contributed by atoms with Crippen molar-refractivity contribution in [3.8, 4) is 0 Å². The normalized spacial score (nSPS) is 19.5. The number of hydrogen-bond acceptors (Lipinski definition) is 4. The van der Waals surface area contributed by atoms with Crippen LogP contribution in [0.1, 0.15) is 59.1 Å². The highest BCUT2D eigenvalue weighted by molar-refractivity contribution is 5.86. The molecule has 24 heavy (non-hydrogen) atoms. The molecule has 1 heterocycles. The van der Waals surface area contributed by atoms with Crippen molar-refractivity contribution in [2.75, 3.05) is 6.61 Å². The van der Waals surface area contributed by atoms with Crippen LogP contribution in [-0.2, 0) is 19.1 Å². The average molecular weight is 335 g/mol. The molecule has 1 atom stereocenters. The number of hydrogen-bond donors (Lipinski definition) is 1. The van der Waals surface area contributed by atoms with Gasteiger partial charge in [0, 0.05) is 0 Å². The summed E-state index contributed by atoms with van der Waals surface area (Å²) < 4.78 is 10.4. The first-order valence-corrected chi connectivity index (χ1v) is 8.39. The summed E-state index contributed by atoms with van der Waals surface area (Å²) in [4.78, 5) is 21.7. The Morgan fingerprint density at radius 1 is 1.25 bits per heavy atom. The molecule has 1 amide bonds. The molecule has 0 spiro atoms. The van der Waals surface area contributed by atoms with Crippen LogP contribution in [0.25, 0.3) is 0 Å². The molecule has 0 aromatic heterocycles. The fourth-order valence-electron chi connectivity index (χ4n) is 2.42. The molecule has 5 heteroatoms. The Morgan fingerprint density at radius 2 is 1.83 bits per heavy atom. The number of nitrogens with one attached hydrogen (secondary N) is 1. The SMILES string of the molecule is CC(C)(C)OC=O.CCC1(CC)OC[C@@H](c2ccccc2)NC1=O. The number of amides is 1. The molecule has 1 aromatic rings. The van der Waals surface area contributed by atoms with Crippen LogP contribution in [-0.4, -0.2) is 30.2 Å². The molecule has 0 radical (unpaired) electrons. The van der Waals surface area contributed by atoms with Crippen LogP contribution >= 0.6 is 0 Å². The summed E-state index contributed by atoms with van der Waals surface area (Å²) in [6, 6.07) is 9.93. The van der Waals surface area contributed by atoms with Gasteiger partial charge in [0.25, 0.3) is 12.4 Å². The number of carbonyl (C=O) groups excluding carboxylic acids is 2. The van der Waals surface area contributed by atoms with Gasteiger partial charge in [0.1, 0.15) is 11.2 Å². The summed E-state index contributed by atoms with van der Waals surface area (Å²) in [7, 11) is 0. The van der Waals surface area contributed by atoms with Gasteiger partial charge in [0.2, 0.25) is 0 Å². The fourth-order valence-corrected chi connectivity index (χ4v) is 2.42. The second-order valence-electron chi connectivity index (χ2n) is 6.78. The van der Waals surface area contributed by atoms with Crippen molar-refractivity contribution >= 4 is 12.4 Å². The maximum absolute atomic E-state index is 12.1. The van der Waals surface area contributed by atoms with E-state index in [1.807, 2.05) is 65.0 Å². The molecule has 0 aliphatic carbocycles. The summed E-state index contributed by atoms with van der Waals surface area (Å²) >= 11 is 0. The lowest BCUT2D eigenvalue weighted by Gasteiger charge is -2.38. The zero-order valence-electron chi connectivity index (χ0n) is 15.3. The summed E-state index contributed by atoms with van der Waals surface area (Å²) in [5.41, 5.74) is 0.161. The minimum absolute atomic E-state index is 0.0163. The highest BCUT2D eigenvalue weighted by Crippen LogP contribution is 2.28. The van der Waals surface area contributed by atoms with Gasteiger partial charge in [-0.2, -0.15) is 0 Å². The molecular weight excluding hydrogens is 306 g/mol. The van der Waals surface area contributed by atoms with Crippen molar-refractivity contribution < 1.29 is 19.1 Å². The highest BCUT2D eigenvalue weighted by Gasteiger charge is 2.41. The lowest BCUT2D eigenvalue weighted by atomic mass is 9.92. The molecule has 0 bridgehead atoms. The maximum atomic E-state index is 12.1. The number of ether oxygens (including phenoxy) is 2. The van der Waals surface area contributed by atoms with Gasteiger partial charge in [-0.25, -0.2) is 0 Å². The zero-order valence-corrected chi connectivity index (χ0v) is 15.3. The van der Waals surface area contributed by atoms with Crippen molar-refractivity contribution in [3.05, 3.63) is 35.9 Å². The second kappa shape index (κ2) is 8.83. The summed E-state index contributed by atoms with van der Waals surface area (Å²) in [5, 5.41) is 3.06. The van der Waals surface area contributed by atoms with Gasteiger partial charge in [0.05, 0.1) is 12.6 Å². The Balaban J connectivity index is 0.000000351. The van der Waals surface area contributed by atoms with Crippen LogP contribution in [0.3, 0.4) is 0 Å². The summed E-state index contributed by atoms with van der Waals surface area (Å²) in [6.07, 6.45) is 1.44. The molecule has 1 aliphatic rings. The number of carbonyl (C=O) groups is 2. The summed E-state index contributed by atoms with van der Waals surface area (Å²) in [5.74, 6) is 0.0163. The van der Waals surface area contributed by atoms with E-state index in [9.17, 15) is 9.59 Å². The van der Waals surface area contributed by atoms with Crippen molar-refractivity contribution in [1.82, 2.24) is 5.32 Å². The lowest BCUT2D eigenvalue weighted by molar-refractivity contribution is -0.160. The van der Waals surface area contributed by atoms with Gasteiger partial charge in [0.15, 0.2) is 0 Å². The van der Waals surface area contributed by atoms with Crippen molar-refractivity contribution in [2.45, 2.75) is 64.7 Å². The molecule has 1 aliphatic heterocycles. The highest BCUT2D eigenvalue weighted by atomic mass is 16.5. The van der Waals surface area contributed by atoms with E-state index in [-0.39, 0.29) is 17.6 Å². The third kappa shape index (κ3) is 5.64. The Labute approximate surface area is 144 Å². The van der Waals surface area contributed by atoms with E-state index in [1.54, 1.807) is 0 Å². The van der Waals surface area contributed by atoms with Crippen molar-refractivity contribution in [1.29, 1.82) is 0 Å². The first-order chi connectivity index (χ1) is 11.3. The second-order valence-corrected chi connectivity index (χ2v) is 6.78. The Kier molecular flexibility index (Phi) is 7.42. The Hall–Kier alpha value is -1.88. The number of benzene rings is 1. The first kappa shape index (κ1) is 20.2. The van der Waals surface area contributed by atoms with Crippen LogP contribution in [0.15, 0.2) is 30.3 Å². The fraction of sp³-hybridized carbons (Fsp3) is 0.579. The third-order valence-corrected chi connectivity index (χ3v) is 3.99. The van der Waals surface area contributed by atoms with E-state index in [0.29, 0.717) is 13.1 Å². The lowest BCUT2D eigenvalue weighted by Crippen LogP contribution is -2.55. The minimum atomic E-state index is -0.620. The van der Waals surface area contributed by atoms with Gasteiger partial charge in [-0.15, -0.1) is 0 Å². The van der Waals surface area contributed by atoms with Crippen LogP contribution in [0.2, 0.25) is 0 Å². The van der Waals surface area contributed by atoms with Crippen LogP contribution in [0.5, 0.6) is 0 Å². The molecule has 1 fully saturated rings. The molecule has 1 saturated heterocycles. The molecule has 5 nitrogen and oxygen atoms in total. The van der Waals surface area contributed by atoms with Crippen LogP contribution in [0.4, 0.5) is 0 Å². The molecule has 0 saturated carbocycles. The van der Waals surface area contributed by atoms with E-state index in [1.165, 1.54) is 0 Å². The Bertz CT molecular complexity index is 518. The van der Waals surface area contributed by atoms with Gasteiger partial charge in [-0.05, 0) is 39.2 Å². The van der Waals surface area contributed by atoms with Crippen LogP contribution in [0, 0.1) is 0 Å². The van der Waals surface area contributed by atoms with E-state index in [2.05, 4.69) is 10.1 Å². The first-order valence-electron chi connectivity index (χ1n) is 8.39. The topological polar surface area (TPSA) is 64.6 Å². The maximum Gasteiger partial charge on any atom is 0.293 e. The van der Waals surface area contributed by atoms with E-state index < -0.39 is 5.60 Å². The average Bonchev–Trinajstić information content (AvgIpc) is 2.55. The standard InChI is InChI=1S/C14H19NO2.C5H10O2/c1-3-14(4-2)13(16)15-12(10-17-14)11-8-6-5-7-9-11;1-5(2,3)7-4-6/h5-9,12H,3-4,10H2,1-2H3,(H,15,16);4H,1-3H3/t12-;/m0./s1. The van der Waals surface area contributed by atoms with Gasteiger partial charge >= 0.3 is 0 Å². The predicted octanol–water partition coefficient (Wildman–Crippen LogP) is 3.39. The van der Waals surface area contributed by atoms with E-state index >= 15 is 0 Å². The predicted molar refractivity (Wildman–Crippen MR) is 93.5 cm³/mol. The summed E-state index contributed by atoms with van der Waals surface area (Å²) in [6.45, 7) is 10.5. The van der Waals surface area contributed by atoms with Gasteiger partial charge in [-0.1, -0.05) is 44.2 Å². The smallest absolute Gasteiger partial charge is 0.293 e. The quantitative estimate of drug-likeness (QED) is 0.857. The molecule has 0 unspecified atom stereocenters. The molecular formula is C19H29NO4. The van der Waals surface area contributed by atoms with E-state index in [0.717, 1.165) is 18.4 Å². The number of rotatable bonds is 4. The Morgan fingerprint density at radius 3 is 2.21 bits per heavy atom. The van der Waals surface area contributed by atoms with Gasteiger partial charge < -0.3 is 14.8 Å². The van der Waals surface area contributed by atoms with Crippen molar-refractivity contribution in [3.63, 3.8) is 0 Å². The molecule has 2 rings (SSSR count). The zero-order chi connectivity index (χ0) is 18.2. The largest absolute Gasteiger partial charge is 0.462 e. The van der Waals surface area contributed by atoms with Crippen LogP contribution < -0.4 is 5.32 Å². The van der Waals surface area contributed by atoms with Gasteiger partial charge in [-0.3, -0.25) is 9.59 Å². The molecule has 1 aromatic carbocycles. The minimum Gasteiger partial charge on any atom is -0.462 e. The number of morpholine rings is 1. The molecule has 134 valence electrons.